The van der Waals surface area contributed by atoms with Crippen molar-refractivity contribution in [3.63, 3.8) is 0 Å². The van der Waals surface area contributed by atoms with Crippen LogP contribution in [0.2, 0.25) is 0 Å². The molecule has 0 unspecified atom stereocenters. The second-order valence-electron chi connectivity index (χ2n) is 5.41. The lowest BCUT2D eigenvalue weighted by Crippen LogP contribution is -2.50. The Labute approximate surface area is 96.4 Å². The number of rotatable bonds is 5. The maximum Gasteiger partial charge on any atom is 0.326 e. The lowest BCUT2D eigenvalue weighted by atomic mass is 9.69. The molecule has 1 rings (SSSR count). The molecule has 0 bridgehead atoms. The zero-order valence-electron chi connectivity index (χ0n) is 10.2. The van der Waals surface area contributed by atoms with Crippen molar-refractivity contribution in [3.8, 4) is 0 Å². The summed E-state index contributed by atoms with van der Waals surface area (Å²) in [6.07, 6.45) is 3.28. The van der Waals surface area contributed by atoms with Crippen molar-refractivity contribution < 1.29 is 14.7 Å². The highest BCUT2D eigenvalue weighted by molar-refractivity contribution is 5.87. The van der Waals surface area contributed by atoms with Gasteiger partial charge in [-0.2, -0.15) is 0 Å². The topological polar surface area (TPSA) is 66.4 Å². The minimum atomic E-state index is -0.940. The number of carbonyl (C=O) groups excluding carboxylic acids is 1. The highest BCUT2D eigenvalue weighted by Crippen LogP contribution is 2.40. The number of carboxylic acids is 1. The monoisotopic (exact) mass is 227 g/mol. The van der Waals surface area contributed by atoms with Gasteiger partial charge in [0.15, 0.2) is 0 Å². The van der Waals surface area contributed by atoms with Crippen molar-refractivity contribution in [2.24, 2.45) is 11.3 Å². The summed E-state index contributed by atoms with van der Waals surface area (Å²) in [5, 5.41) is 11.7. The third-order valence-corrected chi connectivity index (χ3v) is 3.32. The van der Waals surface area contributed by atoms with E-state index in [0.717, 1.165) is 19.3 Å². The predicted octanol–water partition coefficient (Wildman–Crippen LogP) is 1.79. The van der Waals surface area contributed by atoms with Crippen molar-refractivity contribution in [2.45, 2.75) is 52.5 Å². The fourth-order valence-corrected chi connectivity index (χ4v) is 1.96. The summed E-state index contributed by atoms with van der Waals surface area (Å²) >= 11 is 0. The number of amides is 1. The average molecular weight is 227 g/mol. The van der Waals surface area contributed by atoms with Crippen LogP contribution in [0.5, 0.6) is 0 Å². The Hall–Kier alpha value is -1.06. The number of hydrogen-bond acceptors (Lipinski definition) is 2. The minimum absolute atomic E-state index is 0.105. The van der Waals surface area contributed by atoms with Crippen LogP contribution in [0.15, 0.2) is 0 Å². The van der Waals surface area contributed by atoms with Gasteiger partial charge in [-0.1, -0.05) is 27.2 Å². The van der Waals surface area contributed by atoms with Crippen LogP contribution in [-0.2, 0) is 9.59 Å². The maximum absolute atomic E-state index is 11.9. The predicted molar refractivity (Wildman–Crippen MR) is 61.0 cm³/mol. The molecule has 1 fully saturated rings. The molecule has 16 heavy (non-hydrogen) atoms. The second kappa shape index (κ2) is 4.85. The smallest absolute Gasteiger partial charge is 0.326 e. The van der Waals surface area contributed by atoms with E-state index in [2.05, 4.69) is 5.32 Å². The lowest BCUT2D eigenvalue weighted by molar-refractivity contribution is -0.145. The normalized spacial score (nSPS) is 20.0. The first-order valence-corrected chi connectivity index (χ1v) is 5.89. The molecule has 4 heteroatoms. The van der Waals surface area contributed by atoms with Gasteiger partial charge < -0.3 is 10.4 Å². The van der Waals surface area contributed by atoms with Gasteiger partial charge in [0.25, 0.3) is 0 Å². The van der Waals surface area contributed by atoms with E-state index in [0.29, 0.717) is 6.42 Å². The van der Waals surface area contributed by atoms with Gasteiger partial charge in [0, 0.05) is 5.41 Å². The average Bonchev–Trinajstić information content (AvgIpc) is 2.11. The Kier molecular flexibility index (Phi) is 3.94. The van der Waals surface area contributed by atoms with E-state index in [-0.39, 0.29) is 17.2 Å². The van der Waals surface area contributed by atoms with E-state index in [1.807, 2.05) is 20.8 Å². The van der Waals surface area contributed by atoms with E-state index in [4.69, 9.17) is 5.11 Å². The Morgan fingerprint density at radius 1 is 1.38 bits per heavy atom. The van der Waals surface area contributed by atoms with Gasteiger partial charge in [-0.05, 0) is 25.2 Å². The maximum atomic E-state index is 11.9. The van der Waals surface area contributed by atoms with Gasteiger partial charge in [-0.3, -0.25) is 4.79 Å². The fraction of sp³-hybridized carbons (Fsp3) is 0.833. The van der Waals surface area contributed by atoms with Crippen LogP contribution < -0.4 is 5.32 Å². The molecule has 0 aliphatic heterocycles. The third kappa shape index (κ3) is 2.97. The number of carboxylic acid groups (broad SMARTS) is 1. The molecule has 4 nitrogen and oxygen atoms in total. The summed E-state index contributed by atoms with van der Waals surface area (Å²) in [6.45, 7) is 5.81. The lowest BCUT2D eigenvalue weighted by Gasteiger charge is -2.37. The van der Waals surface area contributed by atoms with Gasteiger partial charge in [-0.15, -0.1) is 0 Å². The van der Waals surface area contributed by atoms with Crippen LogP contribution in [0.4, 0.5) is 0 Å². The summed E-state index contributed by atoms with van der Waals surface area (Å²) in [7, 11) is 0. The molecule has 0 aromatic rings. The van der Waals surface area contributed by atoms with E-state index < -0.39 is 12.0 Å². The number of aliphatic carboxylic acids is 1. The largest absolute Gasteiger partial charge is 0.480 e. The molecule has 0 spiro atoms. The first-order valence-electron chi connectivity index (χ1n) is 5.89. The minimum Gasteiger partial charge on any atom is -0.480 e. The number of nitrogens with one attached hydrogen (secondary N) is 1. The molecule has 1 aliphatic rings. The first kappa shape index (κ1) is 13.0. The summed E-state index contributed by atoms with van der Waals surface area (Å²) < 4.78 is 0. The zero-order valence-corrected chi connectivity index (χ0v) is 10.2. The molecular formula is C12H21NO3. The molecule has 0 aromatic heterocycles. The second-order valence-corrected chi connectivity index (χ2v) is 5.41. The van der Waals surface area contributed by atoms with E-state index in [9.17, 15) is 9.59 Å². The van der Waals surface area contributed by atoms with Crippen LogP contribution in [0.1, 0.15) is 46.5 Å². The van der Waals surface area contributed by atoms with E-state index >= 15 is 0 Å². The molecule has 92 valence electrons. The van der Waals surface area contributed by atoms with Crippen molar-refractivity contribution in [1.29, 1.82) is 0 Å². The van der Waals surface area contributed by atoms with Crippen molar-refractivity contribution in [3.05, 3.63) is 0 Å². The molecule has 0 radical (unpaired) electrons. The van der Waals surface area contributed by atoms with Crippen LogP contribution >= 0.6 is 0 Å². The standard InChI is InChI=1S/C12H21NO3/c1-8(2)7-9(10(14)15)13-11(16)12(3)5-4-6-12/h8-9H,4-7H2,1-3H3,(H,13,16)(H,14,15)/t9-/m1/s1. The van der Waals surface area contributed by atoms with Gasteiger partial charge in [0.2, 0.25) is 5.91 Å². The van der Waals surface area contributed by atoms with Crippen LogP contribution in [0.25, 0.3) is 0 Å². The Morgan fingerprint density at radius 2 is 1.94 bits per heavy atom. The van der Waals surface area contributed by atoms with E-state index in [1.54, 1.807) is 0 Å². The molecule has 1 aliphatic carbocycles. The first-order chi connectivity index (χ1) is 7.35. The Balaban J connectivity index is 2.54. The summed E-state index contributed by atoms with van der Waals surface area (Å²) in [5.41, 5.74) is -0.329. The Morgan fingerprint density at radius 3 is 2.25 bits per heavy atom. The van der Waals surface area contributed by atoms with Gasteiger partial charge in [-0.25, -0.2) is 4.79 Å². The van der Waals surface area contributed by atoms with Crippen LogP contribution in [-0.4, -0.2) is 23.0 Å². The fourth-order valence-electron chi connectivity index (χ4n) is 1.96. The van der Waals surface area contributed by atoms with Crippen LogP contribution in [0, 0.1) is 11.3 Å². The van der Waals surface area contributed by atoms with Crippen molar-refractivity contribution in [2.75, 3.05) is 0 Å². The molecule has 2 N–H and O–H groups in total. The highest BCUT2D eigenvalue weighted by Gasteiger charge is 2.40. The Bertz CT molecular complexity index is 282. The summed E-state index contributed by atoms with van der Waals surface area (Å²) in [4.78, 5) is 22.9. The highest BCUT2D eigenvalue weighted by atomic mass is 16.4. The van der Waals surface area contributed by atoms with Crippen molar-refractivity contribution >= 4 is 11.9 Å². The molecule has 0 aromatic carbocycles. The molecule has 0 heterocycles. The zero-order chi connectivity index (χ0) is 12.3. The molecule has 1 saturated carbocycles. The quantitative estimate of drug-likeness (QED) is 0.752. The van der Waals surface area contributed by atoms with E-state index in [1.165, 1.54) is 0 Å². The molecule has 0 saturated heterocycles. The van der Waals surface area contributed by atoms with Crippen LogP contribution in [0.3, 0.4) is 0 Å². The number of hydrogen-bond donors (Lipinski definition) is 2. The van der Waals surface area contributed by atoms with Gasteiger partial charge in [0.1, 0.15) is 6.04 Å². The van der Waals surface area contributed by atoms with Gasteiger partial charge >= 0.3 is 5.97 Å². The SMILES string of the molecule is CC(C)C[C@@H](NC(=O)C1(C)CCC1)C(=O)O. The molecule has 1 atom stereocenters. The molecule has 1 amide bonds. The number of carbonyl (C=O) groups is 2. The third-order valence-electron chi connectivity index (χ3n) is 3.32. The summed E-state index contributed by atoms with van der Waals surface area (Å²) in [5.74, 6) is -0.785. The summed E-state index contributed by atoms with van der Waals surface area (Å²) in [6, 6.07) is -0.745. The molecular weight excluding hydrogens is 206 g/mol. The van der Waals surface area contributed by atoms with Gasteiger partial charge in [0.05, 0.1) is 0 Å². The van der Waals surface area contributed by atoms with Crippen molar-refractivity contribution in [1.82, 2.24) is 5.32 Å².